The van der Waals surface area contributed by atoms with E-state index < -0.39 is 0 Å². The maximum atomic E-state index is 5.54. The van der Waals surface area contributed by atoms with Crippen LogP contribution in [-0.4, -0.2) is 29.8 Å². The summed E-state index contributed by atoms with van der Waals surface area (Å²) in [5, 5.41) is 7.29. The molecule has 0 amide bonds. The SMILES string of the molecule is CC(c1nc(C2CCCO2)no1)C1CNC1. The molecule has 0 aliphatic carbocycles. The van der Waals surface area contributed by atoms with Crippen molar-refractivity contribution in [1.82, 2.24) is 15.5 Å². The van der Waals surface area contributed by atoms with Crippen molar-refractivity contribution in [3.63, 3.8) is 0 Å². The Hall–Kier alpha value is -0.940. The average Bonchev–Trinajstić information content (AvgIpc) is 2.86. The third kappa shape index (κ3) is 1.74. The van der Waals surface area contributed by atoms with E-state index in [1.807, 2.05) is 0 Å². The summed E-state index contributed by atoms with van der Waals surface area (Å²) in [6.45, 7) is 5.08. The van der Waals surface area contributed by atoms with Gasteiger partial charge in [0.05, 0.1) is 0 Å². The number of rotatable bonds is 3. The van der Waals surface area contributed by atoms with Crippen molar-refractivity contribution in [3.05, 3.63) is 11.7 Å². The highest BCUT2D eigenvalue weighted by Crippen LogP contribution is 2.30. The highest BCUT2D eigenvalue weighted by molar-refractivity contribution is 5.00. The lowest BCUT2D eigenvalue weighted by Gasteiger charge is -2.30. The Balaban J connectivity index is 1.71. The van der Waals surface area contributed by atoms with Gasteiger partial charge in [-0.05, 0) is 31.8 Å². The summed E-state index contributed by atoms with van der Waals surface area (Å²) in [6.07, 6.45) is 2.17. The van der Waals surface area contributed by atoms with Gasteiger partial charge >= 0.3 is 0 Å². The van der Waals surface area contributed by atoms with Crippen LogP contribution in [0, 0.1) is 5.92 Å². The van der Waals surface area contributed by atoms with Gasteiger partial charge in [0.25, 0.3) is 0 Å². The van der Waals surface area contributed by atoms with E-state index in [9.17, 15) is 0 Å². The standard InChI is InChI=1S/C11H17N3O2/c1-7(8-5-12-6-8)11-13-10(14-16-11)9-3-2-4-15-9/h7-9,12H,2-6H2,1H3. The molecule has 3 heterocycles. The molecule has 2 fully saturated rings. The Morgan fingerprint density at radius 1 is 1.44 bits per heavy atom. The van der Waals surface area contributed by atoms with E-state index in [4.69, 9.17) is 9.26 Å². The van der Waals surface area contributed by atoms with Gasteiger partial charge in [-0.25, -0.2) is 0 Å². The van der Waals surface area contributed by atoms with Gasteiger partial charge in [-0.3, -0.25) is 0 Å². The lowest BCUT2D eigenvalue weighted by molar-refractivity contribution is 0.103. The first-order valence-corrected chi connectivity index (χ1v) is 6.00. The Bertz CT molecular complexity index is 356. The van der Waals surface area contributed by atoms with Gasteiger partial charge in [0.1, 0.15) is 6.10 Å². The van der Waals surface area contributed by atoms with E-state index in [-0.39, 0.29) is 6.10 Å². The van der Waals surface area contributed by atoms with Crippen molar-refractivity contribution in [3.8, 4) is 0 Å². The van der Waals surface area contributed by atoms with Crippen LogP contribution < -0.4 is 5.32 Å². The molecule has 2 atom stereocenters. The Kier molecular flexibility index (Phi) is 2.65. The molecule has 1 N–H and O–H groups in total. The van der Waals surface area contributed by atoms with Crippen LogP contribution in [0.3, 0.4) is 0 Å². The number of hydrogen-bond donors (Lipinski definition) is 1. The van der Waals surface area contributed by atoms with Crippen molar-refractivity contribution in [1.29, 1.82) is 0 Å². The fourth-order valence-corrected chi connectivity index (χ4v) is 2.21. The fraction of sp³-hybridized carbons (Fsp3) is 0.818. The van der Waals surface area contributed by atoms with E-state index >= 15 is 0 Å². The zero-order valence-electron chi connectivity index (χ0n) is 9.48. The predicted molar refractivity (Wildman–Crippen MR) is 57.0 cm³/mol. The number of ether oxygens (including phenoxy) is 1. The zero-order valence-corrected chi connectivity index (χ0v) is 9.48. The maximum absolute atomic E-state index is 5.54. The summed E-state index contributed by atoms with van der Waals surface area (Å²) >= 11 is 0. The van der Waals surface area contributed by atoms with E-state index in [1.54, 1.807) is 0 Å². The maximum Gasteiger partial charge on any atom is 0.229 e. The quantitative estimate of drug-likeness (QED) is 0.835. The predicted octanol–water partition coefficient (Wildman–Crippen LogP) is 1.24. The van der Waals surface area contributed by atoms with Crippen molar-refractivity contribution in [2.75, 3.05) is 19.7 Å². The molecule has 3 rings (SSSR count). The molecule has 2 unspecified atom stereocenters. The van der Waals surface area contributed by atoms with Gasteiger partial charge in [0.2, 0.25) is 11.7 Å². The van der Waals surface area contributed by atoms with Crippen LogP contribution in [0.2, 0.25) is 0 Å². The molecule has 2 saturated heterocycles. The minimum Gasteiger partial charge on any atom is -0.370 e. The highest BCUT2D eigenvalue weighted by Gasteiger charge is 2.30. The zero-order chi connectivity index (χ0) is 11.0. The van der Waals surface area contributed by atoms with E-state index in [0.717, 1.165) is 44.3 Å². The number of nitrogens with one attached hydrogen (secondary N) is 1. The molecule has 0 aromatic carbocycles. The molecule has 2 aliphatic heterocycles. The van der Waals surface area contributed by atoms with Crippen LogP contribution in [0.1, 0.15) is 43.5 Å². The number of hydrogen-bond acceptors (Lipinski definition) is 5. The lowest BCUT2D eigenvalue weighted by atomic mass is 9.89. The molecule has 0 bridgehead atoms. The molecule has 0 spiro atoms. The molecule has 5 heteroatoms. The summed E-state index contributed by atoms with van der Waals surface area (Å²) in [4.78, 5) is 4.46. The van der Waals surface area contributed by atoms with Crippen molar-refractivity contribution in [2.45, 2.75) is 31.8 Å². The van der Waals surface area contributed by atoms with Crippen LogP contribution in [0.4, 0.5) is 0 Å². The lowest BCUT2D eigenvalue weighted by Crippen LogP contribution is -2.44. The second-order valence-electron chi connectivity index (χ2n) is 4.70. The first-order valence-electron chi connectivity index (χ1n) is 6.00. The topological polar surface area (TPSA) is 60.2 Å². The second-order valence-corrected chi connectivity index (χ2v) is 4.70. The molecule has 5 nitrogen and oxygen atoms in total. The second kappa shape index (κ2) is 4.14. The van der Waals surface area contributed by atoms with Gasteiger partial charge < -0.3 is 14.6 Å². The van der Waals surface area contributed by atoms with Gasteiger partial charge in [-0.1, -0.05) is 12.1 Å². The Labute approximate surface area is 94.6 Å². The van der Waals surface area contributed by atoms with Crippen molar-refractivity contribution >= 4 is 0 Å². The summed E-state index contributed by atoms with van der Waals surface area (Å²) in [5.41, 5.74) is 0. The van der Waals surface area contributed by atoms with Crippen molar-refractivity contribution < 1.29 is 9.26 Å². The molecule has 1 aromatic heterocycles. The van der Waals surface area contributed by atoms with E-state index in [1.165, 1.54) is 0 Å². The molecule has 0 radical (unpaired) electrons. The third-order valence-electron chi connectivity index (χ3n) is 3.58. The highest BCUT2D eigenvalue weighted by atomic mass is 16.5. The molecule has 2 aliphatic rings. The largest absolute Gasteiger partial charge is 0.370 e. The molecule has 16 heavy (non-hydrogen) atoms. The minimum absolute atomic E-state index is 0.0595. The molecule has 0 saturated carbocycles. The van der Waals surface area contributed by atoms with Crippen LogP contribution in [0.5, 0.6) is 0 Å². The first-order chi connectivity index (χ1) is 7.84. The summed E-state index contributed by atoms with van der Waals surface area (Å²) in [6, 6.07) is 0. The number of aromatic nitrogens is 2. The first kappa shape index (κ1) is 10.2. The van der Waals surface area contributed by atoms with Crippen LogP contribution in [-0.2, 0) is 4.74 Å². The molecule has 1 aromatic rings. The fourth-order valence-electron chi connectivity index (χ4n) is 2.21. The smallest absolute Gasteiger partial charge is 0.229 e. The third-order valence-corrected chi connectivity index (χ3v) is 3.58. The van der Waals surface area contributed by atoms with Crippen LogP contribution in [0.25, 0.3) is 0 Å². The Morgan fingerprint density at radius 2 is 2.31 bits per heavy atom. The Morgan fingerprint density at radius 3 is 2.94 bits per heavy atom. The van der Waals surface area contributed by atoms with Gasteiger partial charge in [-0.15, -0.1) is 0 Å². The van der Waals surface area contributed by atoms with Crippen molar-refractivity contribution in [2.24, 2.45) is 5.92 Å². The summed E-state index contributed by atoms with van der Waals surface area (Å²) in [5.74, 6) is 2.48. The minimum atomic E-state index is 0.0595. The normalized spacial score (nSPS) is 27.9. The monoisotopic (exact) mass is 223 g/mol. The van der Waals surface area contributed by atoms with E-state index in [2.05, 4.69) is 22.4 Å². The van der Waals surface area contributed by atoms with Gasteiger partial charge in [0, 0.05) is 12.5 Å². The number of nitrogens with zero attached hydrogens (tertiary/aromatic N) is 2. The summed E-state index contributed by atoms with van der Waals surface area (Å²) in [7, 11) is 0. The van der Waals surface area contributed by atoms with Gasteiger partial charge in [0.15, 0.2) is 0 Å². The van der Waals surface area contributed by atoms with Gasteiger partial charge in [-0.2, -0.15) is 4.98 Å². The molecule has 88 valence electrons. The van der Waals surface area contributed by atoms with E-state index in [0.29, 0.717) is 11.8 Å². The molecular weight excluding hydrogens is 206 g/mol. The molecular formula is C11H17N3O2. The van der Waals surface area contributed by atoms with Crippen LogP contribution in [0.15, 0.2) is 4.52 Å². The van der Waals surface area contributed by atoms with Crippen LogP contribution >= 0.6 is 0 Å². The summed E-state index contributed by atoms with van der Waals surface area (Å²) < 4.78 is 10.9. The average molecular weight is 223 g/mol.